The highest BCUT2D eigenvalue weighted by Gasteiger charge is 2.32. The summed E-state index contributed by atoms with van der Waals surface area (Å²) in [6, 6.07) is 19.9. The number of aryl methyl sites for hydroxylation is 1. The molecule has 1 saturated heterocycles. The quantitative estimate of drug-likeness (QED) is 0.493. The number of nitrogens with one attached hydrogen (secondary N) is 1. The maximum absolute atomic E-state index is 13.1. The third-order valence-corrected chi connectivity index (χ3v) is 7.09. The first kappa shape index (κ1) is 25.3. The lowest BCUT2D eigenvalue weighted by molar-refractivity contribution is -0.142. The number of fused-ring (bicyclic) bond motifs is 1. The summed E-state index contributed by atoms with van der Waals surface area (Å²) >= 11 is 0. The Morgan fingerprint density at radius 1 is 0.974 bits per heavy atom. The van der Waals surface area contributed by atoms with Crippen LogP contribution in [-0.4, -0.2) is 53.7 Å². The molecule has 1 unspecified atom stereocenters. The van der Waals surface area contributed by atoms with Gasteiger partial charge in [0.05, 0.1) is 5.92 Å². The van der Waals surface area contributed by atoms with Gasteiger partial charge in [-0.25, -0.2) is 4.79 Å². The van der Waals surface area contributed by atoms with Gasteiger partial charge in [0.15, 0.2) is 11.5 Å². The van der Waals surface area contributed by atoms with Gasteiger partial charge in [-0.1, -0.05) is 54.1 Å². The Morgan fingerprint density at radius 2 is 1.66 bits per heavy atom. The molecule has 2 aliphatic rings. The molecule has 3 aromatic carbocycles. The number of carbonyl (C=O) groups excluding carboxylic acids is 2. The zero-order chi connectivity index (χ0) is 26.6. The Bertz CT molecular complexity index is 1340. The van der Waals surface area contributed by atoms with Crippen LogP contribution >= 0.6 is 0 Å². The van der Waals surface area contributed by atoms with E-state index in [1.165, 1.54) is 5.56 Å². The third kappa shape index (κ3) is 5.64. The van der Waals surface area contributed by atoms with Crippen molar-refractivity contribution in [2.45, 2.75) is 32.2 Å². The molecule has 2 heterocycles. The number of hydrogen-bond donors (Lipinski definition) is 2. The lowest BCUT2D eigenvalue weighted by atomic mass is 9.95. The van der Waals surface area contributed by atoms with Crippen molar-refractivity contribution in [3.63, 3.8) is 0 Å². The summed E-state index contributed by atoms with van der Waals surface area (Å²) in [5.41, 5.74) is 4.59. The molecule has 0 bridgehead atoms. The largest absolute Gasteiger partial charge is 0.480 e. The third-order valence-electron chi connectivity index (χ3n) is 7.09. The summed E-state index contributed by atoms with van der Waals surface area (Å²) < 4.78 is 10.7. The molecule has 0 radical (unpaired) electrons. The SMILES string of the molecule is Cc1ccc(-c2ccc(C[C@H](NC(=O)C3CCCN(C(=O)c4ccc5c(c4)OCO5)C3)C(=O)O)cc2)cc1. The first-order valence-electron chi connectivity index (χ1n) is 12.8. The molecule has 5 rings (SSSR count). The zero-order valence-electron chi connectivity index (χ0n) is 21.2. The van der Waals surface area contributed by atoms with Crippen LogP contribution in [0.2, 0.25) is 0 Å². The predicted molar refractivity (Wildman–Crippen MR) is 141 cm³/mol. The van der Waals surface area contributed by atoms with Crippen molar-refractivity contribution >= 4 is 17.8 Å². The van der Waals surface area contributed by atoms with Gasteiger partial charge in [0.1, 0.15) is 6.04 Å². The molecule has 196 valence electrons. The summed E-state index contributed by atoms with van der Waals surface area (Å²) in [7, 11) is 0. The van der Waals surface area contributed by atoms with E-state index in [0.29, 0.717) is 36.4 Å². The molecule has 8 heteroatoms. The highest BCUT2D eigenvalue weighted by Crippen LogP contribution is 2.33. The van der Waals surface area contributed by atoms with Gasteiger partial charge in [0, 0.05) is 25.1 Å². The maximum Gasteiger partial charge on any atom is 0.326 e. The van der Waals surface area contributed by atoms with Crippen molar-refractivity contribution in [3.8, 4) is 22.6 Å². The number of likely N-dealkylation sites (tertiary alicyclic amines) is 1. The average molecular weight is 515 g/mol. The van der Waals surface area contributed by atoms with Gasteiger partial charge in [-0.15, -0.1) is 0 Å². The number of carbonyl (C=O) groups is 3. The molecule has 3 aromatic rings. The standard InChI is InChI=1S/C30H30N2O6/c1-19-4-8-21(9-5-19)22-10-6-20(7-11-22)15-25(30(35)36)31-28(33)24-3-2-14-32(17-24)29(34)23-12-13-26-27(16-23)38-18-37-26/h4-13,16,24-25H,2-3,14-15,17-18H2,1H3,(H,31,33)(H,35,36)/t24?,25-/m0/s1. The van der Waals surface area contributed by atoms with E-state index in [1.807, 2.05) is 43.3 Å². The molecule has 2 N–H and O–H groups in total. The number of amides is 2. The van der Waals surface area contributed by atoms with Crippen LogP contribution in [-0.2, 0) is 16.0 Å². The smallest absolute Gasteiger partial charge is 0.326 e. The number of carboxylic acid groups (broad SMARTS) is 1. The fourth-order valence-corrected chi connectivity index (χ4v) is 4.89. The first-order chi connectivity index (χ1) is 18.4. The van der Waals surface area contributed by atoms with Crippen LogP contribution in [0.15, 0.2) is 66.7 Å². The molecule has 0 saturated carbocycles. The number of benzene rings is 3. The Labute approximate surface area is 221 Å². The minimum Gasteiger partial charge on any atom is -0.480 e. The van der Waals surface area contributed by atoms with Gasteiger partial charge in [-0.2, -0.15) is 0 Å². The second kappa shape index (κ2) is 11.0. The molecule has 2 atom stereocenters. The Hall–Kier alpha value is -4.33. The predicted octanol–water partition coefficient (Wildman–Crippen LogP) is 4.06. The van der Waals surface area contributed by atoms with E-state index < -0.39 is 17.9 Å². The van der Waals surface area contributed by atoms with Crippen LogP contribution in [0.3, 0.4) is 0 Å². The molecule has 0 aromatic heterocycles. The number of ether oxygens (including phenoxy) is 2. The van der Waals surface area contributed by atoms with Crippen molar-refractivity contribution in [3.05, 3.63) is 83.4 Å². The molecule has 2 amide bonds. The Morgan fingerprint density at radius 3 is 2.37 bits per heavy atom. The number of piperidine rings is 1. The summed E-state index contributed by atoms with van der Waals surface area (Å²) in [5, 5.41) is 12.5. The van der Waals surface area contributed by atoms with E-state index >= 15 is 0 Å². The molecule has 38 heavy (non-hydrogen) atoms. The summed E-state index contributed by atoms with van der Waals surface area (Å²) in [6.07, 6.45) is 1.42. The molecule has 8 nitrogen and oxygen atoms in total. The van der Waals surface area contributed by atoms with Crippen LogP contribution in [0.25, 0.3) is 11.1 Å². The van der Waals surface area contributed by atoms with E-state index in [9.17, 15) is 19.5 Å². The molecule has 0 aliphatic carbocycles. The minimum atomic E-state index is -1.09. The molecular formula is C30H30N2O6. The van der Waals surface area contributed by atoms with Crippen molar-refractivity contribution in [2.24, 2.45) is 5.92 Å². The number of hydrogen-bond acceptors (Lipinski definition) is 5. The second-order valence-corrected chi connectivity index (χ2v) is 9.82. The first-order valence-corrected chi connectivity index (χ1v) is 12.8. The van der Waals surface area contributed by atoms with E-state index in [4.69, 9.17) is 9.47 Å². The Balaban J connectivity index is 1.20. The lowest BCUT2D eigenvalue weighted by Crippen LogP contribution is -2.50. The summed E-state index contributed by atoms with van der Waals surface area (Å²) in [4.78, 5) is 39.8. The number of carboxylic acids is 1. The van der Waals surface area contributed by atoms with Crippen LogP contribution in [0.4, 0.5) is 0 Å². The fourth-order valence-electron chi connectivity index (χ4n) is 4.89. The summed E-state index contributed by atoms with van der Waals surface area (Å²) in [5.74, 6) is -0.987. The van der Waals surface area contributed by atoms with Crippen molar-refractivity contribution in [1.29, 1.82) is 0 Å². The van der Waals surface area contributed by atoms with Crippen molar-refractivity contribution in [1.82, 2.24) is 10.2 Å². The normalized spacial score (nSPS) is 17.1. The molecule has 2 aliphatic heterocycles. The Kier molecular flexibility index (Phi) is 7.31. The molecule has 0 spiro atoms. The average Bonchev–Trinajstić information content (AvgIpc) is 3.41. The van der Waals surface area contributed by atoms with Crippen LogP contribution in [0.5, 0.6) is 11.5 Å². The van der Waals surface area contributed by atoms with Crippen LogP contribution in [0, 0.1) is 12.8 Å². The fraction of sp³-hybridized carbons (Fsp3) is 0.300. The zero-order valence-corrected chi connectivity index (χ0v) is 21.2. The van der Waals surface area contributed by atoms with Gasteiger partial charge >= 0.3 is 5.97 Å². The monoisotopic (exact) mass is 514 g/mol. The van der Waals surface area contributed by atoms with Gasteiger partial charge in [-0.3, -0.25) is 9.59 Å². The van der Waals surface area contributed by atoms with E-state index in [0.717, 1.165) is 16.7 Å². The number of aliphatic carboxylic acids is 1. The topological polar surface area (TPSA) is 105 Å². The van der Waals surface area contributed by atoms with Crippen molar-refractivity contribution in [2.75, 3.05) is 19.9 Å². The van der Waals surface area contributed by atoms with Gasteiger partial charge in [-0.05, 0) is 54.7 Å². The number of rotatable bonds is 7. The van der Waals surface area contributed by atoms with Crippen LogP contribution in [0.1, 0.15) is 34.3 Å². The maximum atomic E-state index is 13.1. The second-order valence-electron chi connectivity index (χ2n) is 9.82. The number of nitrogens with zero attached hydrogens (tertiary/aromatic N) is 1. The highest BCUT2D eigenvalue weighted by atomic mass is 16.7. The van der Waals surface area contributed by atoms with Gasteiger partial charge < -0.3 is 24.8 Å². The summed E-state index contributed by atoms with van der Waals surface area (Å²) in [6.45, 7) is 2.93. The molecule has 1 fully saturated rings. The van der Waals surface area contributed by atoms with Crippen LogP contribution < -0.4 is 14.8 Å². The van der Waals surface area contributed by atoms with E-state index in [-0.39, 0.29) is 31.6 Å². The lowest BCUT2D eigenvalue weighted by Gasteiger charge is -2.32. The van der Waals surface area contributed by atoms with Gasteiger partial charge in [0.2, 0.25) is 12.7 Å². The minimum absolute atomic E-state index is 0.126. The van der Waals surface area contributed by atoms with E-state index in [1.54, 1.807) is 23.1 Å². The molecular weight excluding hydrogens is 484 g/mol. The van der Waals surface area contributed by atoms with Gasteiger partial charge in [0.25, 0.3) is 5.91 Å². The highest BCUT2D eigenvalue weighted by molar-refractivity contribution is 5.95. The van der Waals surface area contributed by atoms with Crippen molar-refractivity contribution < 1.29 is 29.0 Å². The van der Waals surface area contributed by atoms with E-state index in [2.05, 4.69) is 17.4 Å².